The van der Waals surface area contributed by atoms with Crippen molar-refractivity contribution in [2.45, 2.75) is 20.4 Å². The Bertz CT molecular complexity index is 1060. The van der Waals surface area contributed by atoms with Gasteiger partial charge in [0.15, 0.2) is 5.11 Å². The lowest BCUT2D eigenvalue weighted by Crippen LogP contribution is -2.24. The van der Waals surface area contributed by atoms with E-state index in [1.54, 1.807) is 24.4 Å². The molecular weight excluding hydrogens is 388 g/mol. The molecule has 0 aliphatic rings. The number of nitrogens with zero attached hydrogens (tertiary/aromatic N) is 4. The molecule has 29 heavy (non-hydrogen) atoms. The molecule has 0 atom stereocenters. The molecule has 8 nitrogen and oxygen atoms in total. The largest absolute Gasteiger partial charge is 0.326 e. The number of para-hydroxylation sites is 2. The zero-order chi connectivity index (χ0) is 20.8. The number of hydrazone groups is 1. The molecule has 0 bridgehead atoms. The fourth-order valence-electron chi connectivity index (χ4n) is 2.85. The summed E-state index contributed by atoms with van der Waals surface area (Å²) in [6.07, 6.45) is 1.65. The fourth-order valence-corrected chi connectivity index (χ4v) is 3.01. The van der Waals surface area contributed by atoms with Gasteiger partial charge < -0.3 is 5.32 Å². The van der Waals surface area contributed by atoms with Gasteiger partial charge >= 0.3 is 0 Å². The standard InChI is InChI=1S/C20H20N6O2S/c1-14-17(15(2)25(24-14)13-16-8-4-3-5-9-16)12-21-23-20(29)22-18-10-6-7-11-19(18)26(27)28/h3-12H,13H2,1-2H3,(H2,22,23,29)/b21-12-. The van der Waals surface area contributed by atoms with Gasteiger partial charge in [0, 0.05) is 17.3 Å². The highest BCUT2D eigenvalue weighted by Gasteiger charge is 2.13. The highest BCUT2D eigenvalue weighted by atomic mass is 32.1. The van der Waals surface area contributed by atoms with E-state index in [2.05, 4.69) is 33.1 Å². The number of thiocarbonyl (C=S) groups is 1. The molecule has 0 aliphatic carbocycles. The zero-order valence-electron chi connectivity index (χ0n) is 16.0. The summed E-state index contributed by atoms with van der Waals surface area (Å²) in [4.78, 5) is 10.6. The van der Waals surface area contributed by atoms with Crippen LogP contribution in [0.3, 0.4) is 0 Å². The molecule has 2 aromatic carbocycles. The van der Waals surface area contributed by atoms with Crippen molar-refractivity contribution in [3.05, 3.63) is 87.2 Å². The van der Waals surface area contributed by atoms with Crippen LogP contribution in [-0.4, -0.2) is 26.0 Å². The molecule has 1 heterocycles. The Morgan fingerprint density at radius 2 is 1.90 bits per heavy atom. The van der Waals surface area contributed by atoms with Crippen molar-refractivity contribution in [3.63, 3.8) is 0 Å². The Balaban J connectivity index is 1.66. The molecule has 148 valence electrons. The predicted molar refractivity (Wildman–Crippen MR) is 117 cm³/mol. The molecule has 1 aromatic heterocycles. The van der Waals surface area contributed by atoms with Crippen molar-refractivity contribution in [2.75, 3.05) is 5.32 Å². The maximum atomic E-state index is 11.1. The molecule has 0 amide bonds. The van der Waals surface area contributed by atoms with E-state index in [1.807, 2.05) is 36.7 Å². The summed E-state index contributed by atoms with van der Waals surface area (Å²) in [6, 6.07) is 16.4. The van der Waals surface area contributed by atoms with Gasteiger partial charge in [-0.1, -0.05) is 42.5 Å². The maximum absolute atomic E-state index is 11.1. The van der Waals surface area contributed by atoms with Gasteiger partial charge in [0.25, 0.3) is 5.69 Å². The fraction of sp³-hybridized carbons (Fsp3) is 0.150. The Labute approximate surface area is 173 Å². The quantitative estimate of drug-likeness (QED) is 0.279. The van der Waals surface area contributed by atoms with Gasteiger partial charge in [0.05, 0.1) is 23.4 Å². The van der Waals surface area contributed by atoms with Crippen LogP contribution in [0.4, 0.5) is 11.4 Å². The zero-order valence-corrected chi connectivity index (χ0v) is 16.8. The monoisotopic (exact) mass is 408 g/mol. The van der Waals surface area contributed by atoms with E-state index in [0.717, 1.165) is 22.5 Å². The second-order valence-electron chi connectivity index (χ2n) is 6.33. The van der Waals surface area contributed by atoms with E-state index >= 15 is 0 Å². The summed E-state index contributed by atoms with van der Waals surface area (Å²) in [7, 11) is 0. The minimum atomic E-state index is -0.470. The van der Waals surface area contributed by atoms with Gasteiger partial charge in [0.1, 0.15) is 5.69 Å². The number of rotatable bonds is 6. The first-order valence-electron chi connectivity index (χ1n) is 8.87. The molecule has 0 unspecified atom stereocenters. The number of anilines is 1. The predicted octanol–water partition coefficient (Wildman–Crippen LogP) is 3.78. The Morgan fingerprint density at radius 3 is 2.62 bits per heavy atom. The molecule has 9 heteroatoms. The molecule has 0 saturated heterocycles. The van der Waals surface area contributed by atoms with Crippen LogP contribution in [0.15, 0.2) is 59.7 Å². The number of nitro benzene ring substituents is 1. The number of hydrogen-bond donors (Lipinski definition) is 2. The molecule has 2 N–H and O–H groups in total. The third-order valence-corrected chi connectivity index (χ3v) is 4.51. The smallest absolute Gasteiger partial charge is 0.292 e. The molecule has 3 rings (SSSR count). The van der Waals surface area contributed by atoms with Crippen molar-refractivity contribution in [2.24, 2.45) is 5.10 Å². The molecule has 0 fully saturated rings. The second-order valence-corrected chi connectivity index (χ2v) is 6.73. The topological polar surface area (TPSA) is 97.4 Å². The molecular formula is C20H20N6O2S. The van der Waals surface area contributed by atoms with Crippen molar-refractivity contribution in [1.82, 2.24) is 15.2 Å². The van der Waals surface area contributed by atoms with Gasteiger partial charge in [-0.2, -0.15) is 10.2 Å². The number of benzene rings is 2. The summed E-state index contributed by atoms with van der Waals surface area (Å²) in [5.74, 6) is 0. The van der Waals surface area contributed by atoms with E-state index in [9.17, 15) is 10.1 Å². The summed E-state index contributed by atoms with van der Waals surface area (Å²) in [6.45, 7) is 4.57. The van der Waals surface area contributed by atoms with Crippen LogP contribution >= 0.6 is 12.2 Å². The van der Waals surface area contributed by atoms with E-state index < -0.39 is 4.92 Å². The van der Waals surface area contributed by atoms with Crippen LogP contribution in [0.1, 0.15) is 22.5 Å². The van der Waals surface area contributed by atoms with Crippen molar-refractivity contribution in [3.8, 4) is 0 Å². The van der Waals surface area contributed by atoms with Crippen LogP contribution in [0, 0.1) is 24.0 Å². The lowest BCUT2D eigenvalue weighted by Gasteiger charge is -2.07. The average molecular weight is 408 g/mol. The van der Waals surface area contributed by atoms with Gasteiger partial charge in [0.2, 0.25) is 0 Å². The average Bonchev–Trinajstić information content (AvgIpc) is 2.96. The van der Waals surface area contributed by atoms with E-state index in [-0.39, 0.29) is 10.8 Å². The minimum absolute atomic E-state index is 0.0606. The number of nitrogens with one attached hydrogen (secondary N) is 2. The van der Waals surface area contributed by atoms with Crippen LogP contribution in [0.2, 0.25) is 0 Å². The molecule has 0 saturated carbocycles. The SMILES string of the molecule is Cc1nn(Cc2ccccc2)c(C)c1/C=N\NC(=S)Nc1ccccc1[N+](=O)[O-]. The first kappa shape index (κ1) is 20.2. The highest BCUT2D eigenvalue weighted by Crippen LogP contribution is 2.22. The van der Waals surface area contributed by atoms with Crippen molar-refractivity contribution < 1.29 is 4.92 Å². The van der Waals surface area contributed by atoms with Gasteiger partial charge in [-0.15, -0.1) is 0 Å². The Hall–Kier alpha value is -3.59. The number of aryl methyl sites for hydroxylation is 1. The van der Waals surface area contributed by atoms with Crippen LogP contribution < -0.4 is 10.7 Å². The molecule has 0 spiro atoms. The highest BCUT2D eigenvalue weighted by molar-refractivity contribution is 7.80. The second kappa shape index (κ2) is 9.07. The summed E-state index contributed by atoms with van der Waals surface area (Å²) in [5.41, 5.74) is 6.81. The summed E-state index contributed by atoms with van der Waals surface area (Å²) >= 11 is 5.18. The van der Waals surface area contributed by atoms with Gasteiger partial charge in [-0.05, 0) is 37.7 Å². The Kier molecular flexibility index (Phi) is 6.30. The minimum Gasteiger partial charge on any atom is -0.326 e. The van der Waals surface area contributed by atoms with E-state index in [0.29, 0.717) is 12.2 Å². The van der Waals surface area contributed by atoms with Gasteiger partial charge in [-0.25, -0.2) is 0 Å². The van der Waals surface area contributed by atoms with Crippen LogP contribution in [0.5, 0.6) is 0 Å². The number of aromatic nitrogens is 2. The van der Waals surface area contributed by atoms with Crippen LogP contribution in [-0.2, 0) is 6.54 Å². The van der Waals surface area contributed by atoms with E-state index in [1.165, 1.54) is 6.07 Å². The number of hydrogen-bond acceptors (Lipinski definition) is 5. The summed E-state index contributed by atoms with van der Waals surface area (Å²) < 4.78 is 1.93. The third kappa shape index (κ3) is 5.02. The maximum Gasteiger partial charge on any atom is 0.292 e. The lowest BCUT2D eigenvalue weighted by molar-refractivity contribution is -0.383. The normalized spacial score (nSPS) is 10.8. The van der Waals surface area contributed by atoms with Crippen molar-refractivity contribution in [1.29, 1.82) is 0 Å². The van der Waals surface area contributed by atoms with Crippen molar-refractivity contribution >= 4 is 34.9 Å². The molecule has 3 aromatic rings. The van der Waals surface area contributed by atoms with E-state index in [4.69, 9.17) is 12.2 Å². The number of nitro groups is 1. The first-order valence-corrected chi connectivity index (χ1v) is 9.28. The molecule has 0 aliphatic heterocycles. The Morgan fingerprint density at radius 1 is 1.21 bits per heavy atom. The summed E-state index contributed by atoms with van der Waals surface area (Å²) in [5, 5.41) is 22.7. The first-order chi connectivity index (χ1) is 14.0. The molecule has 0 radical (unpaired) electrons. The third-order valence-electron chi connectivity index (χ3n) is 4.32. The van der Waals surface area contributed by atoms with Crippen LogP contribution in [0.25, 0.3) is 0 Å². The lowest BCUT2D eigenvalue weighted by atomic mass is 10.2. The van der Waals surface area contributed by atoms with Gasteiger partial charge in [-0.3, -0.25) is 20.2 Å².